The summed E-state index contributed by atoms with van der Waals surface area (Å²) in [4.78, 5) is 37.9. The fourth-order valence-electron chi connectivity index (χ4n) is 3.80. The fourth-order valence-corrected chi connectivity index (χ4v) is 3.80. The van der Waals surface area contributed by atoms with E-state index in [4.69, 9.17) is 5.73 Å². The van der Waals surface area contributed by atoms with Crippen LogP contribution in [-0.4, -0.2) is 39.6 Å². The molecular formula is C22H22N4O3. The van der Waals surface area contributed by atoms with Gasteiger partial charge < -0.3 is 10.6 Å². The van der Waals surface area contributed by atoms with Crippen molar-refractivity contribution >= 4 is 22.6 Å². The second kappa shape index (κ2) is 7.87. The molecule has 2 N–H and O–H groups in total. The van der Waals surface area contributed by atoms with Crippen LogP contribution in [0.15, 0.2) is 59.4 Å². The summed E-state index contributed by atoms with van der Waals surface area (Å²) in [6.45, 7) is 0.799. The van der Waals surface area contributed by atoms with Crippen molar-refractivity contribution in [1.29, 1.82) is 0 Å². The largest absolute Gasteiger partial charge is 0.369 e. The first-order valence-corrected chi connectivity index (χ1v) is 9.66. The standard InChI is InChI=1S/C22H22N4O3/c23-22(29)16-10-12-25(13-11-16)21(28)14-26-20(27)9-8-19(24-26)18-7-3-5-15-4-1-2-6-17(15)18/h1-9,16H,10-14H2,(H2,23,29). The second-order valence-electron chi connectivity index (χ2n) is 7.30. The van der Waals surface area contributed by atoms with E-state index in [1.807, 2.05) is 42.5 Å². The number of carbonyl (C=O) groups is 2. The number of likely N-dealkylation sites (tertiary alicyclic amines) is 1. The average Bonchev–Trinajstić information content (AvgIpc) is 2.75. The Bertz CT molecular complexity index is 1120. The summed E-state index contributed by atoms with van der Waals surface area (Å²) >= 11 is 0. The number of carbonyl (C=O) groups excluding carboxylic acids is 2. The molecule has 2 heterocycles. The third-order valence-corrected chi connectivity index (χ3v) is 5.47. The maximum Gasteiger partial charge on any atom is 0.267 e. The highest BCUT2D eigenvalue weighted by Crippen LogP contribution is 2.26. The smallest absolute Gasteiger partial charge is 0.267 e. The van der Waals surface area contributed by atoms with Crippen LogP contribution < -0.4 is 11.3 Å². The van der Waals surface area contributed by atoms with Gasteiger partial charge in [-0.15, -0.1) is 0 Å². The van der Waals surface area contributed by atoms with Gasteiger partial charge in [0, 0.05) is 30.6 Å². The highest BCUT2D eigenvalue weighted by atomic mass is 16.2. The molecule has 1 aliphatic rings. The van der Waals surface area contributed by atoms with Crippen molar-refractivity contribution in [1.82, 2.24) is 14.7 Å². The van der Waals surface area contributed by atoms with Gasteiger partial charge in [0.1, 0.15) is 6.54 Å². The molecule has 7 heteroatoms. The van der Waals surface area contributed by atoms with Gasteiger partial charge in [0.05, 0.1) is 5.69 Å². The van der Waals surface area contributed by atoms with Gasteiger partial charge in [-0.25, -0.2) is 4.68 Å². The minimum atomic E-state index is -0.325. The summed E-state index contributed by atoms with van der Waals surface area (Å²) in [7, 11) is 0. The van der Waals surface area contributed by atoms with Crippen LogP contribution in [0.2, 0.25) is 0 Å². The van der Waals surface area contributed by atoms with E-state index in [0.717, 1.165) is 16.3 Å². The van der Waals surface area contributed by atoms with Gasteiger partial charge in [-0.3, -0.25) is 14.4 Å². The monoisotopic (exact) mass is 390 g/mol. The molecule has 1 saturated heterocycles. The average molecular weight is 390 g/mol. The highest BCUT2D eigenvalue weighted by molar-refractivity contribution is 5.95. The predicted molar refractivity (Wildman–Crippen MR) is 110 cm³/mol. The van der Waals surface area contributed by atoms with Crippen LogP contribution in [0.1, 0.15) is 12.8 Å². The molecule has 2 amide bonds. The molecule has 0 atom stereocenters. The van der Waals surface area contributed by atoms with E-state index in [1.54, 1.807) is 11.0 Å². The van der Waals surface area contributed by atoms with Crippen LogP contribution in [0.25, 0.3) is 22.0 Å². The zero-order valence-electron chi connectivity index (χ0n) is 16.0. The van der Waals surface area contributed by atoms with Crippen molar-refractivity contribution in [2.24, 2.45) is 11.7 Å². The summed E-state index contributed by atoms with van der Waals surface area (Å²) in [6.07, 6.45) is 1.11. The van der Waals surface area contributed by atoms with E-state index in [1.165, 1.54) is 10.7 Å². The Morgan fingerprint density at radius 3 is 2.48 bits per heavy atom. The van der Waals surface area contributed by atoms with E-state index in [0.29, 0.717) is 31.6 Å². The van der Waals surface area contributed by atoms with Crippen molar-refractivity contribution in [3.63, 3.8) is 0 Å². The van der Waals surface area contributed by atoms with Gasteiger partial charge in [-0.05, 0) is 29.7 Å². The number of nitrogens with zero attached hydrogens (tertiary/aromatic N) is 3. The minimum absolute atomic E-state index is 0.126. The van der Waals surface area contributed by atoms with Crippen LogP contribution in [-0.2, 0) is 16.1 Å². The lowest BCUT2D eigenvalue weighted by molar-refractivity contribution is -0.135. The first-order valence-electron chi connectivity index (χ1n) is 9.66. The molecule has 7 nitrogen and oxygen atoms in total. The van der Waals surface area contributed by atoms with Gasteiger partial charge in [0.2, 0.25) is 11.8 Å². The molecule has 0 bridgehead atoms. The Morgan fingerprint density at radius 1 is 1.00 bits per heavy atom. The molecule has 3 aromatic rings. The molecule has 4 rings (SSSR count). The lowest BCUT2D eigenvalue weighted by Crippen LogP contribution is -2.44. The van der Waals surface area contributed by atoms with Gasteiger partial charge in [-0.2, -0.15) is 5.10 Å². The van der Waals surface area contributed by atoms with Crippen molar-refractivity contribution < 1.29 is 9.59 Å². The zero-order valence-corrected chi connectivity index (χ0v) is 16.0. The predicted octanol–water partition coefficient (Wildman–Crippen LogP) is 1.79. The third-order valence-electron chi connectivity index (χ3n) is 5.47. The quantitative estimate of drug-likeness (QED) is 0.734. The number of amides is 2. The normalized spacial score (nSPS) is 14.8. The molecule has 1 aliphatic heterocycles. The van der Waals surface area contributed by atoms with E-state index in [-0.39, 0.29) is 29.8 Å². The van der Waals surface area contributed by atoms with Crippen molar-refractivity contribution in [3.05, 3.63) is 65.0 Å². The second-order valence-corrected chi connectivity index (χ2v) is 7.30. The first-order chi connectivity index (χ1) is 14.0. The molecule has 0 aliphatic carbocycles. The molecule has 0 unspecified atom stereocenters. The highest BCUT2D eigenvalue weighted by Gasteiger charge is 2.26. The van der Waals surface area contributed by atoms with E-state index in [2.05, 4.69) is 5.10 Å². The van der Waals surface area contributed by atoms with Crippen LogP contribution in [0, 0.1) is 5.92 Å². The lowest BCUT2D eigenvalue weighted by atomic mass is 9.96. The summed E-state index contributed by atoms with van der Waals surface area (Å²) < 4.78 is 1.21. The topological polar surface area (TPSA) is 98.3 Å². The summed E-state index contributed by atoms with van der Waals surface area (Å²) in [5, 5.41) is 6.57. The number of hydrogen-bond donors (Lipinski definition) is 1. The van der Waals surface area contributed by atoms with Crippen LogP contribution in [0.3, 0.4) is 0 Å². The van der Waals surface area contributed by atoms with Crippen molar-refractivity contribution in [2.45, 2.75) is 19.4 Å². The zero-order chi connectivity index (χ0) is 20.4. The maximum atomic E-state index is 12.7. The molecular weight excluding hydrogens is 368 g/mol. The van der Waals surface area contributed by atoms with Gasteiger partial charge in [0.25, 0.3) is 5.56 Å². The van der Waals surface area contributed by atoms with Gasteiger partial charge >= 0.3 is 0 Å². The molecule has 0 radical (unpaired) electrons. The number of benzene rings is 2. The maximum absolute atomic E-state index is 12.7. The Balaban J connectivity index is 1.57. The number of fused-ring (bicyclic) bond motifs is 1. The lowest BCUT2D eigenvalue weighted by Gasteiger charge is -2.30. The van der Waals surface area contributed by atoms with Gasteiger partial charge in [0.15, 0.2) is 0 Å². The Labute approximate surface area is 167 Å². The third kappa shape index (κ3) is 3.89. The van der Waals surface area contributed by atoms with E-state index in [9.17, 15) is 14.4 Å². The Kier molecular flexibility index (Phi) is 5.12. The Hall–Kier alpha value is -3.48. The molecule has 0 spiro atoms. The molecule has 2 aromatic carbocycles. The van der Waals surface area contributed by atoms with Crippen LogP contribution >= 0.6 is 0 Å². The summed E-state index contributed by atoms with van der Waals surface area (Å²) in [6, 6.07) is 17.0. The molecule has 29 heavy (non-hydrogen) atoms. The summed E-state index contributed by atoms with van der Waals surface area (Å²) in [5.41, 5.74) is 6.57. The van der Waals surface area contributed by atoms with E-state index < -0.39 is 0 Å². The number of rotatable bonds is 4. The van der Waals surface area contributed by atoms with Crippen molar-refractivity contribution in [3.8, 4) is 11.3 Å². The number of hydrogen-bond acceptors (Lipinski definition) is 4. The number of piperidine rings is 1. The molecule has 1 aromatic heterocycles. The number of nitrogens with two attached hydrogens (primary N) is 1. The first kappa shape index (κ1) is 18.9. The number of primary amides is 1. The van der Waals surface area contributed by atoms with Crippen molar-refractivity contribution in [2.75, 3.05) is 13.1 Å². The van der Waals surface area contributed by atoms with Gasteiger partial charge in [-0.1, -0.05) is 42.5 Å². The molecule has 0 saturated carbocycles. The van der Waals surface area contributed by atoms with E-state index >= 15 is 0 Å². The molecule has 148 valence electrons. The van der Waals surface area contributed by atoms with Crippen LogP contribution in [0.5, 0.6) is 0 Å². The SMILES string of the molecule is NC(=O)C1CCN(C(=O)Cn2nc(-c3cccc4ccccc34)ccc2=O)CC1. The summed E-state index contributed by atoms with van der Waals surface area (Å²) in [5.74, 6) is -0.690. The number of aromatic nitrogens is 2. The minimum Gasteiger partial charge on any atom is -0.369 e. The fraction of sp³-hybridized carbons (Fsp3) is 0.273. The molecule has 1 fully saturated rings. The Morgan fingerprint density at radius 2 is 1.72 bits per heavy atom. The van der Waals surface area contributed by atoms with Crippen LogP contribution in [0.4, 0.5) is 0 Å².